The zero-order chi connectivity index (χ0) is 31.1. The number of benzene rings is 5. The van der Waals surface area contributed by atoms with Crippen LogP contribution in [0.15, 0.2) is 132 Å². The van der Waals surface area contributed by atoms with Crippen LogP contribution in [-0.4, -0.2) is 31.6 Å². The molecule has 0 aliphatic carbocycles. The monoisotopic (exact) mass is 633 g/mol. The molecule has 0 unspecified atom stereocenters. The van der Waals surface area contributed by atoms with Gasteiger partial charge in [-0.1, -0.05) is 97.1 Å². The molecule has 5 aromatic carbocycles. The third-order valence-corrected chi connectivity index (χ3v) is 10.0. The molecule has 0 aliphatic heterocycles. The number of hydrogen-bond acceptors (Lipinski definition) is 6. The second kappa shape index (κ2) is 14.2. The molecule has 0 aliphatic rings. The van der Waals surface area contributed by atoms with E-state index in [0.29, 0.717) is 25.2 Å². The highest BCUT2D eigenvalue weighted by Crippen LogP contribution is 2.22. The number of anilines is 1. The van der Waals surface area contributed by atoms with Gasteiger partial charge in [-0.2, -0.15) is 0 Å². The molecule has 0 saturated heterocycles. The van der Waals surface area contributed by atoms with Crippen LogP contribution in [-0.2, 0) is 29.3 Å². The number of nitrogens with zero attached hydrogens (tertiary/aromatic N) is 1. The Morgan fingerprint density at radius 2 is 1.42 bits per heavy atom. The zero-order valence-corrected chi connectivity index (χ0v) is 26.4. The Morgan fingerprint density at radius 1 is 0.733 bits per heavy atom. The first-order valence-corrected chi connectivity index (χ1v) is 17.3. The van der Waals surface area contributed by atoms with Gasteiger partial charge in [0.2, 0.25) is 0 Å². The first kappa shape index (κ1) is 30.7. The summed E-state index contributed by atoms with van der Waals surface area (Å²) in [6.45, 7) is 1.17. The lowest BCUT2D eigenvalue weighted by Gasteiger charge is -2.12. The lowest BCUT2D eigenvalue weighted by atomic mass is 10.0. The first-order chi connectivity index (χ1) is 21.9. The number of sulfonamides is 1. The van der Waals surface area contributed by atoms with Gasteiger partial charge in [0, 0.05) is 30.5 Å². The molecule has 0 spiro atoms. The molecular formula is C37H35N3O3S2. The van der Waals surface area contributed by atoms with Crippen LogP contribution in [0.2, 0.25) is 0 Å². The van der Waals surface area contributed by atoms with E-state index in [2.05, 4.69) is 57.9 Å². The van der Waals surface area contributed by atoms with Gasteiger partial charge in [0.25, 0.3) is 10.0 Å². The fourth-order valence-corrected chi connectivity index (χ4v) is 7.14. The second-order valence-corrected chi connectivity index (χ2v) is 13.7. The molecule has 6 aromatic rings. The molecule has 228 valence electrons. The molecule has 0 amide bonds. The number of thiazole rings is 1. The molecule has 3 N–H and O–H groups in total. The van der Waals surface area contributed by atoms with E-state index in [1.54, 1.807) is 35.6 Å². The smallest absolute Gasteiger partial charge is 0.261 e. The highest BCUT2D eigenvalue weighted by Gasteiger charge is 2.15. The Kier molecular flexibility index (Phi) is 9.66. The van der Waals surface area contributed by atoms with Gasteiger partial charge < -0.3 is 10.4 Å². The van der Waals surface area contributed by atoms with Gasteiger partial charge in [-0.05, 0) is 70.3 Å². The van der Waals surface area contributed by atoms with E-state index in [9.17, 15) is 13.5 Å². The molecule has 1 aromatic heterocycles. The summed E-state index contributed by atoms with van der Waals surface area (Å²) in [7, 11) is -3.72. The molecule has 0 saturated carbocycles. The predicted molar refractivity (Wildman–Crippen MR) is 183 cm³/mol. The average Bonchev–Trinajstić information content (AvgIpc) is 3.50. The average molecular weight is 634 g/mol. The second-order valence-electron chi connectivity index (χ2n) is 11.1. The quantitative estimate of drug-likeness (QED) is 0.118. The normalized spacial score (nSPS) is 12.3. The Bertz CT molecular complexity index is 1960. The zero-order valence-electron chi connectivity index (χ0n) is 24.8. The molecule has 0 radical (unpaired) electrons. The van der Waals surface area contributed by atoms with Crippen molar-refractivity contribution in [3.05, 3.63) is 160 Å². The van der Waals surface area contributed by atoms with Gasteiger partial charge in [0.05, 0.1) is 21.7 Å². The molecule has 0 bridgehead atoms. The Hall–Kier alpha value is -4.34. The van der Waals surface area contributed by atoms with Crippen LogP contribution in [0.25, 0.3) is 10.8 Å². The highest BCUT2D eigenvalue weighted by atomic mass is 32.2. The highest BCUT2D eigenvalue weighted by molar-refractivity contribution is 7.92. The van der Waals surface area contributed by atoms with E-state index in [1.165, 1.54) is 16.3 Å². The van der Waals surface area contributed by atoms with Crippen molar-refractivity contribution in [1.82, 2.24) is 10.3 Å². The van der Waals surface area contributed by atoms with Crippen molar-refractivity contribution in [2.45, 2.75) is 30.3 Å². The standard InChI is InChI=1S/C37H35N3O3S2/c41-36(31-7-2-1-3-8-31)25-38-21-20-27-11-16-33(17-12-27)40-45(42,43)35-18-13-28(14-19-35)24-37-39-34(26-44-37)23-29-10-15-30-6-4-5-9-32(30)22-29/h1-19,22,26,36,38,40-41H,20-21,23-25H2/t36-/m0/s1. The van der Waals surface area contributed by atoms with E-state index in [4.69, 9.17) is 4.98 Å². The third-order valence-electron chi connectivity index (χ3n) is 7.71. The molecule has 0 fully saturated rings. The number of hydrogen-bond donors (Lipinski definition) is 3. The van der Waals surface area contributed by atoms with Gasteiger partial charge in [-0.15, -0.1) is 11.3 Å². The van der Waals surface area contributed by atoms with Gasteiger partial charge >= 0.3 is 0 Å². The van der Waals surface area contributed by atoms with Gasteiger partial charge in [-0.25, -0.2) is 13.4 Å². The Labute approximate surface area is 268 Å². The Morgan fingerprint density at radius 3 is 2.20 bits per heavy atom. The maximum atomic E-state index is 13.1. The van der Waals surface area contributed by atoms with Crippen LogP contribution >= 0.6 is 11.3 Å². The molecule has 45 heavy (non-hydrogen) atoms. The number of nitrogens with one attached hydrogen (secondary N) is 2. The fourth-order valence-electron chi connectivity index (χ4n) is 5.25. The summed E-state index contributed by atoms with van der Waals surface area (Å²) >= 11 is 1.63. The van der Waals surface area contributed by atoms with E-state index in [-0.39, 0.29) is 4.90 Å². The van der Waals surface area contributed by atoms with E-state index in [0.717, 1.165) is 40.2 Å². The minimum absolute atomic E-state index is 0.215. The number of fused-ring (bicyclic) bond motifs is 1. The predicted octanol–water partition coefficient (Wildman–Crippen LogP) is 7.14. The number of rotatable bonds is 13. The van der Waals surface area contributed by atoms with Crippen molar-refractivity contribution in [2.24, 2.45) is 0 Å². The summed E-state index contributed by atoms with van der Waals surface area (Å²) in [5, 5.41) is 19.1. The molecule has 8 heteroatoms. The van der Waals surface area contributed by atoms with Gasteiger partial charge in [0.15, 0.2) is 0 Å². The fraction of sp³-hybridized carbons (Fsp3) is 0.162. The summed E-state index contributed by atoms with van der Waals surface area (Å²) < 4.78 is 28.8. The first-order valence-electron chi connectivity index (χ1n) is 15.0. The third kappa shape index (κ3) is 8.23. The van der Waals surface area contributed by atoms with E-state index >= 15 is 0 Å². The summed E-state index contributed by atoms with van der Waals surface area (Å²) in [5.74, 6) is 0. The molecule has 6 rings (SSSR count). The van der Waals surface area contributed by atoms with Crippen molar-refractivity contribution >= 4 is 37.8 Å². The largest absolute Gasteiger partial charge is 0.387 e. The van der Waals surface area contributed by atoms with Crippen LogP contribution < -0.4 is 10.0 Å². The minimum Gasteiger partial charge on any atom is -0.387 e. The van der Waals surface area contributed by atoms with Crippen molar-refractivity contribution in [1.29, 1.82) is 0 Å². The van der Waals surface area contributed by atoms with Gasteiger partial charge in [-0.3, -0.25) is 4.72 Å². The van der Waals surface area contributed by atoms with Crippen LogP contribution in [0.1, 0.15) is 39.1 Å². The molecular weight excluding hydrogens is 599 g/mol. The van der Waals surface area contributed by atoms with Gasteiger partial charge in [0.1, 0.15) is 0 Å². The molecule has 1 heterocycles. The van der Waals surface area contributed by atoms with Crippen molar-refractivity contribution in [2.75, 3.05) is 17.8 Å². The van der Waals surface area contributed by atoms with Crippen LogP contribution in [0, 0.1) is 0 Å². The molecule has 1 atom stereocenters. The van der Waals surface area contributed by atoms with E-state index in [1.807, 2.05) is 54.6 Å². The van der Waals surface area contributed by atoms with Crippen molar-refractivity contribution in [3.8, 4) is 0 Å². The maximum Gasteiger partial charge on any atom is 0.261 e. The SMILES string of the molecule is O=S(=O)(Nc1ccc(CCNC[C@H](O)c2ccccc2)cc1)c1ccc(Cc2nc(Cc3ccc4ccccc4c3)cs2)cc1. The summed E-state index contributed by atoms with van der Waals surface area (Å²) in [5.41, 5.74) is 5.75. The van der Waals surface area contributed by atoms with Crippen LogP contribution in [0.5, 0.6) is 0 Å². The lowest BCUT2D eigenvalue weighted by molar-refractivity contribution is 0.175. The minimum atomic E-state index is -3.72. The topological polar surface area (TPSA) is 91.3 Å². The van der Waals surface area contributed by atoms with Crippen molar-refractivity contribution in [3.63, 3.8) is 0 Å². The molecule has 6 nitrogen and oxygen atoms in total. The van der Waals surface area contributed by atoms with Crippen molar-refractivity contribution < 1.29 is 13.5 Å². The lowest BCUT2D eigenvalue weighted by Crippen LogP contribution is -2.23. The Balaban J connectivity index is 0.985. The summed E-state index contributed by atoms with van der Waals surface area (Å²) in [6.07, 6.45) is 1.64. The number of aliphatic hydroxyl groups is 1. The number of aromatic nitrogens is 1. The number of aliphatic hydroxyl groups excluding tert-OH is 1. The summed E-state index contributed by atoms with van der Waals surface area (Å²) in [4.78, 5) is 5.05. The van der Waals surface area contributed by atoms with E-state index < -0.39 is 16.1 Å². The summed E-state index contributed by atoms with van der Waals surface area (Å²) in [6, 6.07) is 38.8. The van der Waals surface area contributed by atoms with Crippen LogP contribution in [0.4, 0.5) is 5.69 Å². The maximum absolute atomic E-state index is 13.1. The van der Waals surface area contributed by atoms with Crippen LogP contribution in [0.3, 0.4) is 0 Å².